The van der Waals surface area contributed by atoms with E-state index in [1.807, 2.05) is 0 Å². The van der Waals surface area contributed by atoms with Crippen molar-refractivity contribution >= 4 is 32.7 Å². The first kappa shape index (κ1) is 19.5. The highest BCUT2D eigenvalue weighted by Gasteiger charge is 2.22. The molecule has 0 bridgehead atoms. The molecule has 1 aliphatic heterocycles. The van der Waals surface area contributed by atoms with Gasteiger partial charge in [0.15, 0.2) is 0 Å². The number of anilines is 1. The van der Waals surface area contributed by atoms with Crippen LogP contribution >= 0.6 is 0 Å². The number of nitrogens with one attached hydrogen (secondary N) is 1. The summed E-state index contributed by atoms with van der Waals surface area (Å²) in [5, 5.41) is 1.01. The molecule has 27 heavy (non-hydrogen) atoms. The van der Waals surface area contributed by atoms with Gasteiger partial charge >= 0.3 is 0 Å². The lowest BCUT2D eigenvalue weighted by Crippen LogP contribution is -2.41. The SMILES string of the molecule is Cc1cc2ncnc(N3CCCN(C(=O)CNS(C)(=O)=O)CC3)c2cc1C. The average molecular weight is 391 g/mol. The lowest BCUT2D eigenvalue weighted by Gasteiger charge is -2.24. The van der Waals surface area contributed by atoms with Crippen molar-refractivity contribution in [1.29, 1.82) is 0 Å². The molecule has 0 spiro atoms. The molecule has 8 nitrogen and oxygen atoms in total. The van der Waals surface area contributed by atoms with E-state index in [2.05, 4.69) is 45.6 Å². The van der Waals surface area contributed by atoms with Gasteiger partial charge in [-0.3, -0.25) is 4.79 Å². The van der Waals surface area contributed by atoms with Gasteiger partial charge in [0.2, 0.25) is 15.9 Å². The second kappa shape index (κ2) is 7.77. The second-order valence-corrected chi connectivity index (χ2v) is 8.80. The van der Waals surface area contributed by atoms with Crippen molar-refractivity contribution in [2.75, 3.05) is 43.9 Å². The van der Waals surface area contributed by atoms with E-state index < -0.39 is 10.0 Å². The fraction of sp³-hybridized carbons (Fsp3) is 0.500. The lowest BCUT2D eigenvalue weighted by molar-refractivity contribution is -0.129. The Morgan fingerprint density at radius 2 is 1.85 bits per heavy atom. The van der Waals surface area contributed by atoms with Gasteiger partial charge in [0.25, 0.3) is 0 Å². The van der Waals surface area contributed by atoms with Crippen LogP contribution in [0.5, 0.6) is 0 Å². The predicted molar refractivity (Wildman–Crippen MR) is 105 cm³/mol. The number of hydrogen-bond donors (Lipinski definition) is 1. The van der Waals surface area contributed by atoms with Gasteiger partial charge in [-0.2, -0.15) is 0 Å². The molecule has 1 N–H and O–H groups in total. The van der Waals surface area contributed by atoms with Crippen molar-refractivity contribution in [2.24, 2.45) is 0 Å². The number of carbonyl (C=O) groups is 1. The maximum atomic E-state index is 12.3. The first-order valence-corrected chi connectivity index (χ1v) is 10.8. The third kappa shape index (κ3) is 4.72. The summed E-state index contributed by atoms with van der Waals surface area (Å²) in [6.45, 7) is 6.49. The van der Waals surface area contributed by atoms with Crippen LogP contribution in [0.25, 0.3) is 10.9 Å². The van der Waals surface area contributed by atoms with Crippen molar-refractivity contribution in [3.05, 3.63) is 29.6 Å². The van der Waals surface area contributed by atoms with Crippen molar-refractivity contribution in [2.45, 2.75) is 20.3 Å². The van der Waals surface area contributed by atoms with Gasteiger partial charge in [0.05, 0.1) is 18.3 Å². The Morgan fingerprint density at radius 3 is 2.59 bits per heavy atom. The molecule has 2 aromatic rings. The van der Waals surface area contributed by atoms with Crippen molar-refractivity contribution < 1.29 is 13.2 Å². The summed E-state index contributed by atoms with van der Waals surface area (Å²) in [4.78, 5) is 25.1. The van der Waals surface area contributed by atoms with E-state index in [9.17, 15) is 13.2 Å². The monoisotopic (exact) mass is 391 g/mol. The van der Waals surface area contributed by atoms with Gasteiger partial charge in [0.1, 0.15) is 12.1 Å². The van der Waals surface area contributed by atoms with Crippen LogP contribution in [0.1, 0.15) is 17.5 Å². The van der Waals surface area contributed by atoms with Crippen LogP contribution in [0, 0.1) is 13.8 Å². The molecule has 1 saturated heterocycles. The molecule has 9 heteroatoms. The molecule has 1 fully saturated rings. The minimum absolute atomic E-state index is 0.201. The van der Waals surface area contributed by atoms with Crippen molar-refractivity contribution in [3.8, 4) is 0 Å². The number of nitrogens with zero attached hydrogens (tertiary/aromatic N) is 4. The molecular formula is C18H25N5O3S. The zero-order valence-corrected chi connectivity index (χ0v) is 16.7. The maximum absolute atomic E-state index is 12.3. The van der Waals surface area contributed by atoms with Gasteiger partial charge < -0.3 is 9.80 Å². The third-order valence-corrected chi connectivity index (χ3v) is 5.53. The smallest absolute Gasteiger partial charge is 0.237 e. The molecule has 0 aliphatic carbocycles. The van der Waals surface area contributed by atoms with E-state index in [0.29, 0.717) is 19.6 Å². The summed E-state index contributed by atoms with van der Waals surface area (Å²) in [5.74, 6) is 0.674. The summed E-state index contributed by atoms with van der Waals surface area (Å²) in [6, 6.07) is 4.18. The Bertz CT molecular complexity index is 961. The second-order valence-electron chi connectivity index (χ2n) is 6.97. The number of aromatic nitrogens is 2. The largest absolute Gasteiger partial charge is 0.354 e. The van der Waals surface area contributed by atoms with Crippen LogP contribution in [0.15, 0.2) is 18.5 Å². The normalized spacial score (nSPS) is 15.8. The Labute approximate surface area is 159 Å². The van der Waals surface area contributed by atoms with Crippen LogP contribution < -0.4 is 9.62 Å². The minimum Gasteiger partial charge on any atom is -0.354 e. The van der Waals surface area contributed by atoms with E-state index in [4.69, 9.17) is 0 Å². The molecule has 146 valence electrons. The standard InChI is InChI=1S/C18H25N5O3S/c1-13-9-15-16(10-14(13)2)19-12-20-18(15)23-6-4-5-22(7-8-23)17(24)11-21-27(3,25)26/h9-10,12,21H,4-8,11H2,1-3H3. The van der Waals surface area contributed by atoms with E-state index in [1.165, 1.54) is 11.1 Å². The third-order valence-electron chi connectivity index (χ3n) is 4.86. The summed E-state index contributed by atoms with van der Waals surface area (Å²) >= 11 is 0. The average Bonchev–Trinajstić information content (AvgIpc) is 2.86. The van der Waals surface area contributed by atoms with Crippen molar-refractivity contribution in [3.63, 3.8) is 0 Å². The van der Waals surface area contributed by atoms with Crippen LogP contribution in [0.3, 0.4) is 0 Å². The molecule has 0 atom stereocenters. The number of sulfonamides is 1. The number of aryl methyl sites for hydroxylation is 2. The van der Waals surface area contributed by atoms with Gasteiger partial charge in [0, 0.05) is 31.6 Å². The number of benzene rings is 1. The van der Waals surface area contributed by atoms with Gasteiger partial charge in [-0.25, -0.2) is 23.1 Å². The quantitative estimate of drug-likeness (QED) is 0.830. The fourth-order valence-corrected chi connectivity index (χ4v) is 3.62. The van der Waals surface area contributed by atoms with E-state index in [0.717, 1.165) is 35.9 Å². The van der Waals surface area contributed by atoms with E-state index in [-0.39, 0.29) is 12.5 Å². The summed E-state index contributed by atoms with van der Waals surface area (Å²) < 4.78 is 24.7. The lowest BCUT2D eigenvalue weighted by atomic mass is 10.1. The minimum atomic E-state index is -3.38. The maximum Gasteiger partial charge on any atom is 0.237 e. The molecule has 0 saturated carbocycles. The fourth-order valence-electron chi connectivity index (χ4n) is 3.24. The highest BCUT2D eigenvalue weighted by Crippen LogP contribution is 2.26. The summed E-state index contributed by atoms with van der Waals surface area (Å²) in [6.07, 6.45) is 3.42. The molecule has 0 unspecified atom stereocenters. The molecule has 0 radical (unpaired) electrons. The van der Waals surface area contributed by atoms with Crippen LogP contribution in [0.2, 0.25) is 0 Å². The zero-order valence-electron chi connectivity index (χ0n) is 15.9. The molecule has 1 aromatic carbocycles. The van der Waals surface area contributed by atoms with E-state index in [1.54, 1.807) is 11.2 Å². The van der Waals surface area contributed by atoms with Gasteiger partial charge in [-0.05, 0) is 43.5 Å². The first-order valence-electron chi connectivity index (χ1n) is 8.94. The topological polar surface area (TPSA) is 95.5 Å². The van der Waals surface area contributed by atoms with Gasteiger partial charge in [-0.1, -0.05) is 0 Å². The highest BCUT2D eigenvalue weighted by atomic mass is 32.2. The molecular weight excluding hydrogens is 366 g/mol. The Morgan fingerprint density at radius 1 is 1.11 bits per heavy atom. The van der Waals surface area contributed by atoms with E-state index >= 15 is 0 Å². The summed E-state index contributed by atoms with van der Waals surface area (Å²) in [5.41, 5.74) is 3.30. The first-order chi connectivity index (χ1) is 12.7. The Balaban J connectivity index is 1.76. The molecule has 3 rings (SSSR count). The number of hydrogen-bond acceptors (Lipinski definition) is 6. The Kier molecular flexibility index (Phi) is 5.61. The molecule has 1 amide bonds. The highest BCUT2D eigenvalue weighted by molar-refractivity contribution is 7.88. The van der Waals surface area contributed by atoms with Crippen LogP contribution in [-0.4, -0.2) is 68.2 Å². The zero-order chi connectivity index (χ0) is 19.6. The molecule has 2 heterocycles. The number of carbonyl (C=O) groups excluding carboxylic acids is 1. The number of rotatable bonds is 4. The predicted octanol–water partition coefficient (Wildman–Crippen LogP) is 0.835. The van der Waals surface area contributed by atoms with Crippen molar-refractivity contribution in [1.82, 2.24) is 19.6 Å². The Hall–Kier alpha value is -2.26. The summed E-state index contributed by atoms with van der Waals surface area (Å²) in [7, 11) is -3.38. The molecule has 1 aliphatic rings. The van der Waals surface area contributed by atoms with Crippen LogP contribution in [0.4, 0.5) is 5.82 Å². The molecule has 1 aromatic heterocycles. The van der Waals surface area contributed by atoms with Crippen LogP contribution in [-0.2, 0) is 14.8 Å². The number of fused-ring (bicyclic) bond motifs is 1. The van der Waals surface area contributed by atoms with Gasteiger partial charge in [-0.15, -0.1) is 0 Å². The number of amides is 1.